The average molecular weight is 190 g/mol. The summed E-state index contributed by atoms with van der Waals surface area (Å²) < 4.78 is 0. The van der Waals surface area contributed by atoms with Crippen molar-refractivity contribution in [3.05, 3.63) is 0 Å². The third kappa shape index (κ3) is 2.34. The summed E-state index contributed by atoms with van der Waals surface area (Å²) in [4.78, 5) is 9.72. The van der Waals surface area contributed by atoms with Crippen LogP contribution in [0.3, 0.4) is 0 Å². The Bertz CT molecular complexity index is 93.0. The van der Waals surface area contributed by atoms with Crippen molar-refractivity contribution in [2.45, 2.75) is 37.6 Å². The summed E-state index contributed by atoms with van der Waals surface area (Å²) in [5.74, 6) is 0. The molecule has 4 heteroatoms. The van der Waals surface area contributed by atoms with Crippen LogP contribution in [0.25, 0.3) is 0 Å². The molecule has 1 saturated carbocycles. The Balaban J connectivity index is 2.24. The average Bonchev–Trinajstić information content (AvgIpc) is 2.05. The van der Waals surface area contributed by atoms with Crippen molar-refractivity contribution in [1.82, 2.24) is 0 Å². The summed E-state index contributed by atoms with van der Waals surface area (Å²) in [5.41, 5.74) is 0.859. The van der Waals surface area contributed by atoms with E-state index in [0.717, 1.165) is 5.54 Å². The minimum atomic E-state index is -1.06. The lowest BCUT2D eigenvalue weighted by Gasteiger charge is -2.24. The van der Waals surface area contributed by atoms with Gasteiger partial charge in [0.15, 0.2) is 8.56 Å². The SMILES string of the molecule is O[SiH]([SiH2][SiH3])C1CCCCC1. The van der Waals surface area contributed by atoms with E-state index in [0.29, 0.717) is 0 Å². The Morgan fingerprint density at radius 3 is 2.40 bits per heavy atom. The lowest BCUT2D eigenvalue weighted by molar-refractivity contribution is 0.460. The van der Waals surface area contributed by atoms with Crippen molar-refractivity contribution in [3.63, 3.8) is 0 Å². The van der Waals surface area contributed by atoms with Crippen LogP contribution in [-0.4, -0.2) is 31.7 Å². The van der Waals surface area contributed by atoms with Gasteiger partial charge in [0.2, 0.25) is 0 Å². The maximum Gasteiger partial charge on any atom is 0.153 e. The van der Waals surface area contributed by atoms with Crippen LogP contribution in [0.1, 0.15) is 32.1 Å². The van der Waals surface area contributed by atoms with E-state index in [-0.39, 0.29) is 8.55 Å². The predicted octanol–water partition coefficient (Wildman–Crippen LogP) is -1.02. The highest BCUT2D eigenvalue weighted by atomic mass is 29.5. The van der Waals surface area contributed by atoms with Gasteiger partial charge in [-0.1, -0.05) is 32.1 Å². The zero-order chi connectivity index (χ0) is 7.40. The van der Waals surface area contributed by atoms with Crippen LogP contribution >= 0.6 is 0 Å². The van der Waals surface area contributed by atoms with E-state index >= 15 is 0 Å². The van der Waals surface area contributed by atoms with Crippen molar-refractivity contribution in [1.29, 1.82) is 0 Å². The molecular weight excluding hydrogens is 172 g/mol. The first kappa shape index (κ1) is 8.70. The van der Waals surface area contributed by atoms with Crippen molar-refractivity contribution in [2.24, 2.45) is 0 Å². The lowest BCUT2D eigenvalue weighted by Crippen LogP contribution is -2.30. The van der Waals surface area contributed by atoms with Gasteiger partial charge in [-0.15, -0.1) is 0 Å². The van der Waals surface area contributed by atoms with Gasteiger partial charge in [-0.2, -0.15) is 0 Å². The highest BCUT2D eigenvalue weighted by molar-refractivity contribution is 7.29. The Morgan fingerprint density at radius 2 is 1.90 bits per heavy atom. The first-order valence-electron chi connectivity index (χ1n) is 4.52. The molecule has 0 aromatic carbocycles. The molecule has 0 spiro atoms. The Morgan fingerprint density at radius 1 is 1.30 bits per heavy atom. The second-order valence-corrected chi connectivity index (χ2v) is 18.6. The van der Waals surface area contributed by atoms with E-state index in [4.69, 9.17) is 0 Å². The van der Waals surface area contributed by atoms with Crippen LogP contribution < -0.4 is 0 Å². The molecule has 1 aliphatic rings. The summed E-state index contributed by atoms with van der Waals surface area (Å²) in [5, 5.41) is 0. The van der Waals surface area contributed by atoms with Crippen molar-refractivity contribution in [3.8, 4) is 0 Å². The first-order chi connectivity index (χ1) is 4.84. The molecule has 0 amide bonds. The van der Waals surface area contributed by atoms with E-state index < -0.39 is 8.56 Å². The summed E-state index contributed by atoms with van der Waals surface area (Å²) in [6.45, 7) is 0. The van der Waals surface area contributed by atoms with Gasteiger partial charge in [0, 0.05) is 8.55 Å². The van der Waals surface area contributed by atoms with Crippen LogP contribution in [0, 0.1) is 0 Å². The van der Waals surface area contributed by atoms with Crippen molar-refractivity contribution >= 4 is 26.9 Å². The molecule has 1 unspecified atom stereocenters. The normalized spacial score (nSPS) is 26.1. The van der Waals surface area contributed by atoms with Crippen LogP contribution in [-0.2, 0) is 0 Å². The van der Waals surface area contributed by atoms with Crippen LogP contribution in [0.5, 0.6) is 0 Å². The quantitative estimate of drug-likeness (QED) is 0.553. The second-order valence-electron chi connectivity index (χ2n) is 3.37. The smallest absolute Gasteiger partial charge is 0.153 e. The lowest BCUT2D eigenvalue weighted by atomic mass is 10.0. The van der Waals surface area contributed by atoms with Gasteiger partial charge in [-0.25, -0.2) is 0 Å². The Hall–Kier alpha value is 0.611. The standard InChI is InChI=1S/C6H18OSi3/c7-10(9-8)6-4-2-1-3-5-6/h6-7,10H,1-5,9H2,8H3. The molecule has 0 aromatic heterocycles. The molecule has 1 rings (SSSR count). The van der Waals surface area contributed by atoms with Crippen molar-refractivity contribution in [2.75, 3.05) is 0 Å². The topological polar surface area (TPSA) is 20.2 Å². The minimum absolute atomic E-state index is 0.127. The summed E-state index contributed by atoms with van der Waals surface area (Å²) in [6.07, 6.45) is 7.00. The zero-order valence-electron chi connectivity index (χ0n) is 6.84. The van der Waals surface area contributed by atoms with E-state index in [1.165, 1.54) is 41.9 Å². The summed E-state index contributed by atoms with van der Waals surface area (Å²) in [6, 6.07) is 0. The van der Waals surface area contributed by atoms with Gasteiger partial charge < -0.3 is 4.80 Å². The molecule has 0 bridgehead atoms. The molecule has 1 N–H and O–H groups in total. The Labute approximate surface area is 69.8 Å². The molecule has 0 saturated heterocycles. The third-order valence-electron chi connectivity index (χ3n) is 2.61. The molecule has 1 atom stereocenters. The maximum absolute atomic E-state index is 9.72. The van der Waals surface area contributed by atoms with E-state index in [1.54, 1.807) is 0 Å². The Kier molecular flexibility index (Phi) is 3.90. The number of rotatable bonds is 2. The van der Waals surface area contributed by atoms with Gasteiger partial charge in [0.05, 0.1) is 0 Å². The molecule has 0 heterocycles. The molecule has 0 aliphatic heterocycles. The van der Waals surface area contributed by atoms with Gasteiger partial charge in [0.1, 0.15) is 0 Å². The first-order valence-corrected chi connectivity index (χ1v) is 14.6. The second kappa shape index (κ2) is 4.48. The van der Waals surface area contributed by atoms with Gasteiger partial charge >= 0.3 is 0 Å². The van der Waals surface area contributed by atoms with Crippen molar-refractivity contribution < 1.29 is 4.80 Å². The fraction of sp³-hybridized carbons (Fsp3) is 1.00. The van der Waals surface area contributed by atoms with E-state index in [9.17, 15) is 4.80 Å². The molecule has 10 heavy (non-hydrogen) atoms. The summed E-state index contributed by atoms with van der Waals surface area (Å²) >= 11 is 0. The molecular formula is C6H18OSi3. The fourth-order valence-electron chi connectivity index (χ4n) is 1.85. The molecule has 1 aliphatic carbocycles. The molecule has 1 fully saturated rings. The van der Waals surface area contributed by atoms with Gasteiger partial charge in [-0.3, -0.25) is 0 Å². The molecule has 1 nitrogen and oxygen atoms in total. The highest BCUT2D eigenvalue weighted by Gasteiger charge is 2.21. The highest BCUT2D eigenvalue weighted by Crippen LogP contribution is 2.29. The third-order valence-corrected chi connectivity index (χ3v) is 17.2. The van der Waals surface area contributed by atoms with Crippen LogP contribution in [0.4, 0.5) is 0 Å². The molecule has 0 radical (unpaired) electrons. The van der Waals surface area contributed by atoms with Crippen LogP contribution in [0.15, 0.2) is 0 Å². The molecule has 0 aromatic rings. The molecule has 60 valence electrons. The largest absolute Gasteiger partial charge is 0.438 e. The van der Waals surface area contributed by atoms with E-state index in [2.05, 4.69) is 0 Å². The van der Waals surface area contributed by atoms with Gasteiger partial charge in [0.25, 0.3) is 0 Å². The summed E-state index contributed by atoms with van der Waals surface area (Å²) in [7, 11) is 0.422. The van der Waals surface area contributed by atoms with Gasteiger partial charge in [-0.05, 0) is 15.3 Å². The van der Waals surface area contributed by atoms with E-state index in [1.807, 2.05) is 0 Å². The monoisotopic (exact) mass is 190 g/mol. The minimum Gasteiger partial charge on any atom is -0.438 e. The maximum atomic E-state index is 9.72. The zero-order valence-corrected chi connectivity index (χ0v) is 11.4. The number of hydrogen-bond donors (Lipinski definition) is 1. The van der Waals surface area contributed by atoms with Crippen LogP contribution in [0.2, 0.25) is 5.54 Å². The predicted molar refractivity (Wildman–Crippen MR) is 54.7 cm³/mol. The fourth-order valence-corrected chi connectivity index (χ4v) is 13.2. The number of hydrogen-bond acceptors (Lipinski definition) is 1.